The van der Waals surface area contributed by atoms with Crippen LogP contribution in [0.5, 0.6) is 0 Å². The van der Waals surface area contributed by atoms with Crippen LogP contribution in [0.1, 0.15) is 47.9 Å². The molecule has 4 rings (SSSR count). The highest BCUT2D eigenvalue weighted by Crippen LogP contribution is 2.24. The maximum Gasteiger partial charge on any atom is 0.321 e. The highest BCUT2D eigenvalue weighted by Gasteiger charge is 2.16. The average molecular weight is 515 g/mol. The van der Waals surface area contributed by atoms with Crippen molar-refractivity contribution in [1.82, 2.24) is 30.3 Å². The van der Waals surface area contributed by atoms with Crippen LogP contribution >= 0.6 is 0 Å². The molecule has 3 aromatic rings. The first-order valence-corrected chi connectivity index (χ1v) is 12.6. The number of carbonyl (C=O) groups excluding carboxylic acids is 2. The summed E-state index contributed by atoms with van der Waals surface area (Å²) in [5.74, 6) is -0.324. The van der Waals surface area contributed by atoms with E-state index < -0.39 is 0 Å². The van der Waals surface area contributed by atoms with Crippen LogP contribution in [0.3, 0.4) is 0 Å². The van der Waals surface area contributed by atoms with E-state index in [0.717, 1.165) is 42.0 Å². The van der Waals surface area contributed by atoms with Crippen molar-refractivity contribution in [2.75, 3.05) is 32.5 Å². The molecule has 1 saturated heterocycles. The lowest BCUT2D eigenvalue weighted by Gasteiger charge is -2.25. The third-order valence-electron chi connectivity index (χ3n) is 6.41. The van der Waals surface area contributed by atoms with Gasteiger partial charge < -0.3 is 15.5 Å². The van der Waals surface area contributed by atoms with Gasteiger partial charge in [0.1, 0.15) is 0 Å². The molecule has 0 aliphatic carbocycles. The van der Waals surface area contributed by atoms with E-state index in [0.29, 0.717) is 16.8 Å². The Labute approximate surface area is 222 Å². The molecule has 1 aliphatic rings. The van der Waals surface area contributed by atoms with Crippen molar-refractivity contribution < 1.29 is 9.59 Å². The number of carbonyl (C=O) groups is 2. The van der Waals surface area contributed by atoms with Crippen LogP contribution in [-0.2, 0) is 6.54 Å². The summed E-state index contributed by atoms with van der Waals surface area (Å²) < 4.78 is 0. The third kappa shape index (κ3) is 6.71. The topological polar surface area (TPSA) is 119 Å². The van der Waals surface area contributed by atoms with E-state index in [1.165, 1.54) is 30.4 Å². The van der Waals surface area contributed by atoms with Crippen LogP contribution in [0.4, 0.5) is 10.5 Å². The molecule has 10 nitrogen and oxygen atoms in total. The number of rotatable bonds is 8. The number of pyridine rings is 1. The molecule has 0 saturated carbocycles. The van der Waals surface area contributed by atoms with Gasteiger partial charge in [-0.15, -0.1) is 0 Å². The number of urea groups is 1. The summed E-state index contributed by atoms with van der Waals surface area (Å²) in [5.41, 5.74) is 4.86. The molecule has 0 atom stereocenters. The number of aliphatic imine (C=N–C) groups is 1. The number of benzene rings is 1. The monoisotopic (exact) mass is 514 g/mol. The smallest absolute Gasteiger partial charge is 0.321 e. The maximum absolute atomic E-state index is 13.1. The molecule has 2 aromatic heterocycles. The lowest BCUT2D eigenvalue weighted by Crippen LogP contribution is -2.33. The summed E-state index contributed by atoms with van der Waals surface area (Å²) in [5, 5.41) is 13.6. The number of hydrogen-bond donors (Lipinski definition) is 3. The largest absolute Gasteiger partial charge is 0.331 e. The Balaban J connectivity index is 1.49. The zero-order valence-electron chi connectivity index (χ0n) is 22.1. The quantitative estimate of drug-likeness (QED) is 0.304. The number of hydrogen-bond acceptors (Lipinski definition) is 6. The van der Waals surface area contributed by atoms with Crippen molar-refractivity contribution in [3.8, 4) is 0 Å². The Kier molecular flexibility index (Phi) is 8.65. The molecule has 3 N–H and O–H groups in total. The minimum atomic E-state index is -0.324. The maximum atomic E-state index is 13.1. The van der Waals surface area contributed by atoms with Gasteiger partial charge in [0.05, 0.1) is 28.8 Å². The summed E-state index contributed by atoms with van der Waals surface area (Å²) in [4.78, 5) is 37.3. The van der Waals surface area contributed by atoms with E-state index in [9.17, 15) is 9.59 Å². The zero-order chi connectivity index (χ0) is 27.1. The number of anilines is 1. The molecule has 10 heteroatoms. The second kappa shape index (κ2) is 12.3. The minimum Gasteiger partial charge on any atom is -0.331 e. The first kappa shape index (κ1) is 26.7. The lowest BCUT2D eigenvalue weighted by atomic mass is 10.0. The van der Waals surface area contributed by atoms with Crippen molar-refractivity contribution in [3.63, 3.8) is 0 Å². The van der Waals surface area contributed by atoms with Crippen molar-refractivity contribution in [3.05, 3.63) is 71.5 Å². The van der Waals surface area contributed by atoms with Crippen molar-refractivity contribution in [1.29, 1.82) is 0 Å². The summed E-state index contributed by atoms with van der Waals surface area (Å²) in [6.07, 6.45) is 8.74. The number of aromatic amines is 1. The van der Waals surface area contributed by atoms with Crippen molar-refractivity contribution >= 4 is 40.8 Å². The van der Waals surface area contributed by atoms with E-state index in [1.807, 2.05) is 37.3 Å². The Morgan fingerprint density at radius 1 is 1.18 bits per heavy atom. The highest BCUT2D eigenvalue weighted by atomic mass is 16.2. The molecule has 1 fully saturated rings. The molecule has 0 bridgehead atoms. The molecule has 1 aromatic carbocycles. The van der Waals surface area contributed by atoms with E-state index in [4.69, 9.17) is 0 Å². The van der Waals surface area contributed by atoms with Crippen LogP contribution in [0.2, 0.25) is 0 Å². The van der Waals surface area contributed by atoms with Gasteiger partial charge in [-0.2, -0.15) is 5.10 Å². The number of nitrogens with zero attached hydrogens (tertiary/aromatic N) is 5. The Morgan fingerprint density at radius 2 is 1.97 bits per heavy atom. The molecule has 0 unspecified atom stereocenters. The molecular weight excluding hydrogens is 480 g/mol. The van der Waals surface area contributed by atoms with E-state index in [-0.39, 0.29) is 17.6 Å². The number of allylic oxidation sites excluding steroid dienone is 2. The standard InChI is InChI=1S/C28H34N8O2/c1-19(14-23(16-29-2)32-28(38)35(3)4)20-8-11-25-24(15-20)26(34-33-25)27(37)31-21-9-10-22(30-17-21)18-36-12-6-5-7-13-36/h8-11,14-17H,2,5-7,12-13,18H2,1,3-4H3,(H,31,37)(H,32,38)(H,33,34)/b19-14+,23-16+. The Morgan fingerprint density at radius 3 is 2.66 bits per heavy atom. The Hall–Kier alpha value is -4.31. The molecule has 0 spiro atoms. The van der Waals surface area contributed by atoms with Gasteiger partial charge in [0.15, 0.2) is 5.69 Å². The first-order chi connectivity index (χ1) is 18.3. The predicted octanol–water partition coefficient (Wildman–Crippen LogP) is 4.41. The van der Waals surface area contributed by atoms with Gasteiger partial charge >= 0.3 is 6.03 Å². The second-order valence-corrected chi connectivity index (χ2v) is 9.58. The minimum absolute atomic E-state index is 0.276. The van der Waals surface area contributed by atoms with Crippen LogP contribution in [-0.4, -0.2) is 70.8 Å². The number of aromatic nitrogens is 3. The first-order valence-electron chi connectivity index (χ1n) is 12.6. The number of amides is 3. The van der Waals surface area contributed by atoms with Gasteiger partial charge in [-0.05, 0) is 81.1 Å². The van der Waals surface area contributed by atoms with Gasteiger partial charge in [0.2, 0.25) is 0 Å². The van der Waals surface area contributed by atoms with Crippen LogP contribution in [0.15, 0.2) is 59.5 Å². The van der Waals surface area contributed by atoms with Gasteiger partial charge in [-0.1, -0.05) is 12.5 Å². The number of piperidine rings is 1. The van der Waals surface area contributed by atoms with Crippen LogP contribution in [0, 0.1) is 0 Å². The van der Waals surface area contributed by atoms with Crippen LogP contribution < -0.4 is 10.6 Å². The number of fused-ring (bicyclic) bond motifs is 1. The lowest BCUT2D eigenvalue weighted by molar-refractivity contribution is 0.102. The van der Waals surface area contributed by atoms with E-state index in [2.05, 4.69) is 42.4 Å². The molecule has 3 heterocycles. The van der Waals surface area contributed by atoms with Crippen LogP contribution in [0.25, 0.3) is 16.5 Å². The van der Waals surface area contributed by atoms with Crippen molar-refractivity contribution in [2.45, 2.75) is 32.7 Å². The van der Waals surface area contributed by atoms with Gasteiger partial charge in [-0.3, -0.25) is 24.8 Å². The number of H-pyrrole nitrogens is 1. The van der Waals surface area contributed by atoms with E-state index >= 15 is 0 Å². The fourth-order valence-corrected chi connectivity index (χ4v) is 4.32. The molecular formula is C28H34N8O2. The zero-order valence-corrected chi connectivity index (χ0v) is 22.1. The van der Waals surface area contributed by atoms with Gasteiger partial charge in [-0.25, -0.2) is 4.79 Å². The molecule has 198 valence electrons. The SMILES string of the molecule is C=N/C=C(\C=C(/C)c1ccc2[nH]nc(C(=O)Nc3ccc(CN4CCCCC4)nc3)c2c1)NC(=O)N(C)C. The fraction of sp³-hybridized carbons (Fsp3) is 0.321. The predicted molar refractivity (Wildman–Crippen MR) is 151 cm³/mol. The summed E-state index contributed by atoms with van der Waals surface area (Å²) in [6, 6.07) is 9.24. The number of likely N-dealkylation sites (tertiary alicyclic amines) is 1. The summed E-state index contributed by atoms with van der Waals surface area (Å²) in [6.45, 7) is 8.43. The van der Waals surface area contributed by atoms with Crippen molar-refractivity contribution in [2.24, 2.45) is 4.99 Å². The van der Waals surface area contributed by atoms with Gasteiger partial charge in [0, 0.05) is 32.2 Å². The molecule has 0 radical (unpaired) electrons. The molecule has 3 amide bonds. The van der Waals surface area contributed by atoms with E-state index in [1.54, 1.807) is 26.4 Å². The fourth-order valence-electron chi connectivity index (χ4n) is 4.32. The second-order valence-electron chi connectivity index (χ2n) is 9.58. The van der Waals surface area contributed by atoms with Gasteiger partial charge in [0.25, 0.3) is 5.91 Å². The molecule has 1 aliphatic heterocycles. The number of nitrogens with one attached hydrogen (secondary N) is 3. The summed E-state index contributed by atoms with van der Waals surface area (Å²) in [7, 11) is 3.31. The highest BCUT2D eigenvalue weighted by molar-refractivity contribution is 6.11. The third-order valence-corrected chi connectivity index (χ3v) is 6.41. The normalized spacial score (nSPS) is 14.8. The average Bonchev–Trinajstić information content (AvgIpc) is 3.34. The molecule has 38 heavy (non-hydrogen) atoms. The summed E-state index contributed by atoms with van der Waals surface area (Å²) >= 11 is 0. The Bertz CT molecular complexity index is 1370.